The number of benzene rings is 2. The lowest BCUT2D eigenvalue weighted by Crippen LogP contribution is -1.99. The van der Waals surface area contributed by atoms with Gasteiger partial charge < -0.3 is 5.11 Å². The summed E-state index contributed by atoms with van der Waals surface area (Å²) in [4.78, 5) is 15.3. The molecule has 5 nitrogen and oxygen atoms in total. The molecule has 0 aliphatic rings. The van der Waals surface area contributed by atoms with Gasteiger partial charge in [-0.3, -0.25) is 0 Å². The van der Waals surface area contributed by atoms with E-state index in [1.165, 1.54) is 17.4 Å². The first kappa shape index (κ1) is 17.9. The fraction of sp³-hybridized carbons (Fsp3) is 0.0455. The van der Waals surface area contributed by atoms with E-state index < -0.39 is 5.97 Å². The Morgan fingerprint density at radius 2 is 1.68 bits per heavy atom. The number of thiazole rings is 1. The number of nitrogens with zero attached hydrogens (tertiary/aromatic N) is 3. The van der Waals surface area contributed by atoms with E-state index in [0.29, 0.717) is 10.8 Å². The standard InChI is InChI=1S/C22H17N3O2S/c1-15-20(16-8-4-2-5-9-16)24-25(21(15)17-10-6-3-7-11-17)22-23-18(14-28-22)12-13-19(26)27/h2-14H,1H3,(H,26,27)/b13-12+. The SMILES string of the molecule is Cc1c(-c2ccccc2)nn(-c2nc(/C=C/C(=O)O)cs2)c1-c1ccccc1. The summed E-state index contributed by atoms with van der Waals surface area (Å²) in [6, 6.07) is 20.1. The molecule has 0 aliphatic heterocycles. The third-order valence-corrected chi connectivity index (χ3v) is 5.14. The van der Waals surface area contributed by atoms with E-state index in [1.54, 1.807) is 0 Å². The molecule has 0 atom stereocenters. The number of aliphatic carboxylic acids is 1. The summed E-state index contributed by atoms with van der Waals surface area (Å²) < 4.78 is 1.84. The van der Waals surface area contributed by atoms with Crippen molar-refractivity contribution in [2.24, 2.45) is 0 Å². The van der Waals surface area contributed by atoms with Crippen molar-refractivity contribution < 1.29 is 9.90 Å². The number of carboxylic acids is 1. The average Bonchev–Trinajstić information content (AvgIpc) is 3.32. The second-order valence-electron chi connectivity index (χ2n) is 6.19. The van der Waals surface area contributed by atoms with Crippen LogP contribution < -0.4 is 0 Å². The fourth-order valence-corrected chi connectivity index (χ4v) is 3.79. The van der Waals surface area contributed by atoms with Crippen LogP contribution in [0.3, 0.4) is 0 Å². The monoisotopic (exact) mass is 387 g/mol. The molecule has 0 fully saturated rings. The molecule has 4 rings (SSSR count). The predicted octanol–water partition coefficient (Wildman–Crippen LogP) is 5.07. The van der Waals surface area contributed by atoms with Crippen molar-refractivity contribution in [1.29, 1.82) is 0 Å². The molecule has 0 radical (unpaired) electrons. The van der Waals surface area contributed by atoms with Crippen LogP contribution >= 0.6 is 11.3 Å². The minimum Gasteiger partial charge on any atom is -0.478 e. The van der Waals surface area contributed by atoms with Crippen LogP contribution in [-0.4, -0.2) is 25.8 Å². The van der Waals surface area contributed by atoms with Gasteiger partial charge >= 0.3 is 5.97 Å². The quantitative estimate of drug-likeness (QED) is 0.486. The Hall–Kier alpha value is -3.51. The third-order valence-electron chi connectivity index (χ3n) is 4.30. The van der Waals surface area contributed by atoms with Gasteiger partial charge in [0.2, 0.25) is 5.13 Å². The highest BCUT2D eigenvalue weighted by Crippen LogP contribution is 2.34. The van der Waals surface area contributed by atoms with Crippen molar-refractivity contribution in [3.05, 3.63) is 83.4 Å². The van der Waals surface area contributed by atoms with Crippen LogP contribution in [0.5, 0.6) is 0 Å². The van der Waals surface area contributed by atoms with E-state index in [9.17, 15) is 4.79 Å². The van der Waals surface area contributed by atoms with Crippen molar-refractivity contribution >= 4 is 23.4 Å². The van der Waals surface area contributed by atoms with Crippen LogP contribution in [0.15, 0.2) is 72.1 Å². The summed E-state index contributed by atoms with van der Waals surface area (Å²) in [6.45, 7) is 2.06. The van der Waals surface area contributed by atoms with Gasteiger partial charge in [-0.05, 0) is 13.0 Å². The van der Waals surface area contributed by atoms with E-state index >= 15 is 0 Å². The molecule has 0 amide bonds. The van der Waals surface area contributed by atoms with Gasteiger partial charge in [-0.25, -0.2) is 14.5 Å². The minimum absolute atomic E-state index is 0.593. The molecule has 28 heavy (non-hydrogen) atoms. The Morgan fingerprint density at radius 3 is 2.32 bits per heavy atom. The predicted molar refractivity (Wildman–Crippen MR) is 112 cm³/mol. The molecule has 4 aromatic rings. The summed E-state index contributed by atoms with van der Waals surface area (Å²) in [5.74, 6) is -0.999. The molecule has 1 N–H and O–H groups in total. The Kier molecular flexibility index (Phi) is 4.87. The topological polar surface area (TPSA) is 68.0 Å². The van der Waals surface area contributed by atoms with Crippen LogP contribution in [0.4, 0.5) is 0 Å². The maximum Gasteiger partial charge on any atom is 0.328 e. The largest absolute Gasteiger partial charge is 0.478 e. The van der Waals surface area contributed by atoms with E-state index in [-0.39, 0.29) is 0 Å². The second kappa shape index (κ2) is 7.62. The summed E-state index contributed by atoms with van der Waals surface area (Å²) in [6.07, 6.45) is 2.57. The van der Waals surface area contributed by atoms with Gasteiger partial charge in [-0.1, -0.05) is 60.7 Å². The molecule has 2 aromatic carbocycles. The van der Waals surface area contributed by atoms with Crippen molar-refractivity contribution in [2.75, 3.05) is 0 Å². The van der Waals surface area contributed by atoms with Gasteiger partial charge in [0.1, 0.15) is 0 Å². The van der Waals surface area contributed by atoms with E-state index in [2.05, 4.69) is 11.9 Å². The summed E-state index contributed by atoms with van der Waals surface area (Å²) in [5.41, 5.74) is 5.62. The van der Waals surface area contributed by atoms with Crippen LogP contribution in [0.1, 0.15) is 11.3 Å². The van der Waals surface area contributed by atoms with Crippen LogP contribution in [0.25, 0.3) is 33.7 Å². The minimum atomic E-state index is -0.999. The number of carbonyl (C=O) groups is 1. The van der Waals surface area contributed by atoms with E-state index in [4.69, 9.17) is 10.2 Å². The molecule has 0 saturated heterocycles. The van der Waals surface area contributed by atoms with E-state index in [1.807, 2.05) is 70.7 Å². The van der Waals surface area contributed by atoms with Crippen molar-refractivity contribution in [2.45, 2.75) is 6.92 Å². The molecular weight excluding hydrogens is 370 g/mol. The molecule has 6 heteroatoms. The lowest BCUT2D eigenvalue weighted by Gasteiger charge is -2.05. The maximum atomic E-state index is 10.8. The number of rotatable bonds is 5. The van der Waals surface area contributed by atoms with Crippen LogP contribution in [0, 0.1) is 6.92 Å². The van der Waals surface area contributed by atoms with Gasteiger partial charge in [0, 0.05) is 28.1 Å². The number of aromatic nitrogens is 3. The molecule has 0 bridgehead atoms. The summed E-state index contributed by atoms with van der Waals surface area (Å²) >= 11 is 1.43. The molecule has 138 valence electrons. The summed E-state index contributed by atoms with van der Waals surface area (Å²) in [5, 5.41) is 16.2. The lowest BCUT2D eigenvalue weighted by atomic mass is 10.0. The first-order valence-electron chi connectivity index (χ1n) is 8.71. The molecule has 0 spiro atoms. The van der Waals surface area contributed by atoms with Gasteiger partial charge in [0.15, 0.2) is 0 Å². The Bertz CT molecular complexity index is 1150. The first-order valence-corrected chi connectivity index (χ1v) is 9.59. The highest BCUT2D eigenvalue weighted by atomic mass is 32.1. The Labute approximate surface area is 166 Å². The van der Waals surface area contributed by atoms with Crippen LogP contribution in [0.2, 0.25) is 0 Å². The van der Waals surface area contributed by atoms with Crippen molar-refractivity contribution in [3.63, 3.8) is 0 Å². The molecule has 0 aliphatic carbocycles. The normalized spacial score (nSPS) is 11.2. The maximum absolute atomic E-state index is 10.8. The van der Waals surface area contributed by atoms with Gasteiger partial charge in [0.05, 0.1) is 17.1 Å². The Morgan fingerprint density at radius 1 is 1.04 bits per heavy atom. The zero-order valence-electron chi connectivity index (χ0n) is 15.1. The van der Waals surface area contributed by atoms with E-state index in [0.717, 1.165) is 34.2 Å². The van der Waals surface area contributed by atoms with Gasteiger partial charge in [-0.15, -0.1) is 11.3 Å². The molecule has 0 unspecified atom stereocenters. The lowest BCUT2D eigenvalue weighted by molar-refractivity contribution is -0.131. The van der Waals surface area contributed by atoms with Crippen LogP contribution in [-0.2, 0) is 4.79 Å². The number of carboxylic acid groups (broad SMARTS) is 1. The second-order valence-corrected chi connectivity index (χ2v) is 7.03. The Balaban J connectivity index is 1.88. The highest BCUT2D eigenvalue weighted by molar-refractivity contribution is 7.12. The average molecular weight is 387 g/mol. The smallest absolute Gasteiger partial charge is 0.328 e. The highest BCUT2D eigenvalue weighted by Gasteiger charge is 2.20. The summed E-state index contributed by atoms with van der Waals surface area (Å²) in [7, 11) is 0. The number of hydrogen-bond acceptors (Lipinski definition) is 4. The molecule has 2 aromatic heterocycles. The van der Waals surface area contributed by atoms with Crippen molar-refractivity contribution in [1.82, 2.24) is 14.8 Å². The van der Waals surface area contributed by atoms with Gasteiger partial charge in [0.25, 0.3) is 0 Å². The fourth-order valence-electron chi connectivity index (χ4n) is 3.05. The molecule has 0 saturated carbocycles. The molecule has 2 heterocycles. The third kappa shape index (κ3) is 3.50. The zero-order chi connectivity index (χ0) is 19.5. The van der Waals surface area contributed by atoms with Gasteiger partial charge in [-0.2, -0.15) is 5.10 Å². The first-order chi connectivity index (χ1) is 13.6. The zero-order valence-corrected chi connectivity index (χ0v) is 15.9. The number of hydrogen-bond donors (Lipinski definition) is 1. The molecular formula is C22H17N3O2S. The van der Waals surface area contributed by atoms with Crippen molar-refractivity contribution in [3.8, 4) is 27.6 Å².